The molecule has 1 aromatic heterocycles. The highest BCUT2D eigenvalue weighted by Gasteiger charge is 2.52. The van der Waals surface area contributed by atoms with Crippen LogP contribution in [0.25, 0.3) is 0 Å². The predicted molar refractivity (Wildman–Crippen MR) is 89.9 cm³/mol. The van der Waals surface area contributed by atoms with Crippen LogP contribution in [0.4, 0.5) is 0 Å². The minimum absolute atomic E-state index is 0.00256. The molecule has 0 bridgehead atoms. The molecule has 2 aliphatic heterocycles. The first-order valence-electron chi connectivity index (χ1n) is 8.08. The lowest BCUT2D eigenvalue weighted by Gasteiger charge is -2.32. The summed E-state index contributed by atoms with van der Waals surface area (Å²) in [5, 5.41) is 4.30. The van der Waals surface area contributed by atoms with Crippen LogP contribution in [0.5, 0.6) is 0 Å². The Balaban J connectivity index is 1.85. The molecule has 0 unspecified atom stereocenters. The van der Waals surface area contributed by atoms with E-state index in [9.17, 15) is 13.2 Å². The fourth-order valence-corrected chi connectivity index (χ4v) is 4.51. The van der Waals surface area contributed by atoms with Crippen LogP contribution in [-0.2, 0) is 29.5 Å². The van der Waals surface area contributed by atoms with Gasteiger partial charge in [-0.3, -0.25) is 4.68 Å². The van der Waals surface area contributed by atoms with Crippen molar-refractivity contribution in [1.29, 1.82) is 0 Å². The molecule has 0 N–H and O–H groups in total. The molecule has 1 aromatic rings. The van der Waals surface area contributed by atoms with Gasteiger partial charge in [0, 0.05) is 17.9 Å². The molecule has 0 atom stereocenters. The van der Waals surface area contributed by atoms with Gasteiger partial charge in [-0.15, -0.1) is 0 Å². The Hall–Kier alpha value is -1.19. The van der Waals surface area contributed by atoms with E-state index in [1.165, 1.54) is 0 Å². The first-order chi connectivity index (χ1) is 11.0. The Morgan fingerprint density at radius 3 is 2.21 bits per heavy atom. The maximum absolute atomic E-state index is 11.7. The fraction of sp³-hybridized carbons (Fsp3) is 0.733. The lowest BCUT2D eigenvalue weighted by atomic mass is 9.81. The van der Waals surface area contributed by atoms with Gasteiger partial charge in [0.2, 0.25) is 0 Å². The standard InChI is InChI=1S/C15H23BN2O5S/c1-13(2)14(3,4)23-16(22-13)12-9-17-18(10-12)15(11-19)5-7-24(20,21)8-6-15/h9-11H,5-8H2,1-4H3. The second-order valence-electron chi connectivity index (χ2n) is 7.68. The van der Waals surface area contributed by atoms with Crippen LogP contribution in [0.1, 0.15) is 40.5 Å². The number of carbonyl (C=O) groups excluding carboxylic acids is 1. The fourth-order valence-electron chi connectivity index (χ4n) is 2.97. The van der Waals surface area contributed by atoms with Crippen molar-refractivity contribution in [2.24, 2.45) is 0 Å². The Morgan fingerprint density at radius 2 is 1.71 bits per heavy atom. The first-order valence-corrected chi connectivity index (χ1v) is 9.90. The molecule has 0 amide bonds. The second-order valence-corrected chi connectivity index (χ2v) is 9.98. The summed E-state index contributed by atoms with van der Waals surface area (Å²) in [5.41, 5.74) is -1.10. The summed E-state index contributed by atoms with van der Waals surface area (Å²) < 4.78 is 36.9. The van der Waals surface area contributed by atoms with E-state index in [1.807, 2.05) is 27.7 Å². The molecule has 0 aromatic carbocycles. The molecule has 0 aliphatic carbocycles. The highest BCUT2D eigenvalue weighted by atomic mass is 32.2. The quantitative estimate of drug-likeness (QED) is 0.573. The smallest absolute Gasteiger partial charge is 0.399 e. The van der Waals surface area contributed by atoms with Gasteiger partial charge in [-0.25, -0.2) is 8.42 Å². The minimum atomic E-state index is -3.06. The van der Waals surface area contributed by atoms with Crippen LogP contribution in [0.15, 0.2) is 12.4 Å². The van der Waals surface area contributed by atoms with Crippen molar-refractivity contribution in [2.45, 2.75) is 57.3 Å². The van der Waals surface area contributed by atoms with Crippen LogP contribution in [0.3, 0.4) is 0 Å². The van der Waals surface area contributed by atoms with Gasteiger partial charge in [0.05, 0.1) is 22.7 Å². The zero-order valence-corrected chi connectivity index (χ0v) is 15.3. The third-order valence-corrected chi connectivity index (χ3v) is 7.15. The largest absolute Gasteiger partial charge is 0.498 e. The molecule has 2 saturated heterocycles. The average molecular weight is 354 g/mol. The SMILES string of the molecule is CC1(C)OB(c2cnn(C3(C=O)CCS(=O)(=O)CC3)c2)OC1(C)C. The monoisotopic (exact) mass is 354 g/mol. The van der Waals surface area contributed by atoms with E-state index in [1.54, 1.807) is 17.1 Å². The molecule has 2 aliphatic rings. The second kappa shape index (κ2) is 5.41. The summed E-state index contributed by atoms with van der Waals surface area (Å²) in [7, 11) is -3.62. The Kier molecular flexibility index (Phi) is 3.97. The number of hydrogen-bond acceptors (Lipinski definition) is 6. The first kappa shape index (κ1) is 17.6. The lowest BCUT2D eigenvalue weighted by Crippen LogP contribution is -2.44. The molecule has 3 rings (SSSR count). The Morgan fingerprint density at radius 1 is 1.17 bits per heavy atom. The van der Waals surface area contributed by atoms with Gasteiger partial charge >= 0.3 is 7.12 Å². The van der Waals surface area contributed by atoms with E-state index >= 15 is 0 Å². The summed E-state index contributed by atoms with van der Waals surface area (Å²) in [6.07, 6.45) is 4.64. The molecule has 24 heavy (non-hydrogen) atoms. The maximum atomic E-state index is 11.7. The lowest BCUT2D eigenvalue weighted by molar-refractivity contribution is -0.116. The van der Waals surface area contributed by atoms with E-state index in [0.717, 1.165) is 11.7 Å². The van der Waals surface area contributed by atoms with Crippen LogP contribution in [-0.4, -0.2) is 54.3 Å². The summed E-state index contributed by atoms with van der Waals surface area (Å²) in [6.45, 7) is 7.87. The van der Waals surface area contributed by atoms with Crippen molar-refractivity contribution < 1.29 is 22.5 Å². The van der Waals surface area contributed by atoms with Crippen molar-refractivity contribution in [3.05, 3.63) is 12.4 Å². The van der Waals surface area contributed by atoms with Gasteiger partial charge in [-0.05, 0) is 40.5 Å². The van der Waals surface area contributed by atoms with Crippen molar-refractivity contribution in [3.63, 3.8) is 0 Å². The van der Waals surface area contributed by atoms with E-state index in [-0.39, 0.29) is 24.3 Å². The van der Waals surface area contributed by atoms with Crippen LogP contribution < -0.4 is 5.46 Å². The molecule has 9 heteroatoms. The van der Waals surface area contributed by atoms with E-state index in [4.69, 9.17) is 9.31 Å². The average Bonchev–Trinajstić information content (AvgIpc) is 3.04. The molecule has 3 heterocycles. The number of hydrogen-bond donors (Lipinski definition) is 0. The van der Waals surface area contributed by atoms with Crippen LogP contribution in [0.2, 0.25) is 0 Å². The normalized spacial score (nSPS) is 27.1. The highest BCUT2D eigenvalue weighted by Crippen LogP contribution is 2.36. The summed E-state index contributed by atoms with van der Waals surface area (Å²) >= 11 is 0. The van der Waals surface area contributed by atoms with E-state index in [2.05, 4.69) is 5.10 Å². The van der Waals surface area contributed by atoms with Gasteiger partial charge < -0.3 is 14.1 Å². The van der Waals surface area contributed by atoms with Gasteiger partial charge in [-0.1, -0.05) is 0 Å². The topological polar surface area (TPSA) is 87.5 Å². The number of sulfone groups is 1. The zero-order valence-electron chi connectivity index (χ0n) is 14.5. The van der Waals surface area contributed by atoms with Gasteiger partial charge in [-0.2, -0.15) is 5.10 Å². The molecule has 0 spiro atoms. The molecule has 2 fully saturated rings. The van der Waals surface area contributed by atoms with Crippen LogP contribution >= 0.6 is 0 Å². The van der Waals surface area contributed by atoms with Crippen molar-refractivity contribution in [1.82, 2.24) is 9.78 Å². The van der Waals surface area contributed by atoms with Crippen molar-refractivity contribution in [2.75, 3.05) is 11.5 Å². The maximum Gasteiger partial charge on any atom is 0.498 e. The van der Waals surface area contributed by atoms with Crippen molar-refractivity contribution >= 4 is 28.7 Å². The number of rotatable bonds is 3. The van der Waals surface area contributed by atoms with Gasteiger partial charge in [0.1, 0.15) is 11.8 Å². The van der Waals surface area contributed by atoms with Gasteiger partial charge in [0.15, 0.2) is 9.84 Å². The summed E-state index contributed by atoms with van der Waals surface area (Å²) in [5.74, 6) is -0.00511. The summed E-state index contributed by atoms with van der Waals surface area (Å²) in [6, 6.07) is 0. The molecule has 7 nitrogen and oxygen atoms in total. The number of aldehydes is 1. The van der Waals surface area contributed by atoms with Gasteiger partial charge in [0.25, 0.3) is 0 Å². The molecular weight excluding hydrogens is 331 g/mol. The molecule has 0 radical (unpaired) electrons. The zero-order chi connectivity index (χ0) is 17.8. The molecular formula is C15H23BN2O5S. The number of carbonyl (C=O) groups is 1. The minimum Gasteiger partial charge on any atom is -0.399 e. The van der Waals surface area contributed by atoms with Crippen LogP contribution in [0, 0.1) is 0 Å². The third-order valence-electron chi connectivity index (χ3n) is 5.50. The van der Waals surface area contributed by atoms with Crippen molar-refractivity contribution in [3.8, 4) is 0 Å². The molecule has 132 valence electrons. The highest BCUT2D eigenvalue weighted by molar-refractivity contribution is 7.91. The Labute approximate surface area is 142 Å². The number of aromatic nitrogens is 2. The number of nitrogens with zero attached hydrogens (tertiary/aromatic N) is 2. The van der Waals surface area contributed by atoms with E-state index in [0.29, 0.717) is 0 Å². The molecule has 0 saturated carbocycles. The van der Waals surface area contributed by atoms with E-state index < -0.39 is 33.7 Å². The predicted octanol–water partition coefficient (Wildman–Crippen LogP) is 0.285. The summed E-state index contributed by atoms with van der Waals surface area (Å²) in [4.78, 5) is 11.7. The Bertz CT molecular complexity index is 726. The third kappa shape index (κ3) is 2.82.